The number of hydrogen-bond acceptors (Lipinski definition) is 2. The van der Waals surface area contributed by atoms with E-state index in [-0.39, 0.29) is 5.82 Å². The van der Waals surface area contributed by atoms with Gasteiger partial charge in [-0.15, -0.1) is 0 Å². The summed E-state index contributed by atoms with van der Waals surface area (Å²) in [5.41, 5.74) is 0.822. The Labute approximate surface area is 74.0 Å². The molecule has 0 fully saturated rings. The van der Waals surface area contributed by atoms with E-state index in [0.29, 0.717) is 22.9 Å². The Morgan fingerprint density at radius 2 is 2.08 bits per heavy atom. The molecule has 1 heterocycles. The summed E-state index contributed by atoms with van der Waals surface area (Å²) >= 11 is 0. The second-order valence-corrected chi connectivity index (χ2v) is 2.66. The summed E-state index contributed by atoms with van der Waals surface area (Å²) in [5, 5.41) is 0.438. The third-order valence-electron chi connectivity index (χ3n) is 1.82. The van der Waals surface area contributed by atoms with Crippen molar-refractivity contribution in [1.29, 1.82) is 0 Å². The van der Waals surface area contributed by atoms with E-state index in [2.05, 4.69) is 4.98 Å². The van der Waals surface area contributed by atoms with Gasteiger partial charge in [-0.1, -0.05) is 6.07 Å². The predicted octanol–water partition coefficient (Wildman–Crippen LogP) is 2.19. The lowest BCUT2D eigenvalue weighted by atomic mass is 10.2. The standard InChI is InChI=1S/C10H6FNO/c11-9-2-1-3-10-8(9)5-4-7(6-13)12-10/h1-6H. The average molecular weight is 175 g/mol. The van der Waals surface area contributed by atoms with Gasteiger partial charge in [0.15, 0.2) is 6.29 Å². The molecule has 64 valence electrons. The van der Waals surface area contributed by atoms with Crippen LogP contribution in [0.2, 0.25) is 0 Å². The highest BCUT2D eigenvalue weighted by atomic mass is 19.1. The number of aldehydes is 1. The van der Waals surface area contributed by atoms with Crippen LogP contribution in [0, 0.1) is 5.82 Å². The fraction of sp³-hybridized carbons (Fsp3) is 0. The molecule has 0 aliphatic heterocycles. The van der Waals surface area contributed by atoms with E-state index in [4.69, 9.17) is 0 Å². The molecule has 3 heteroatoms. The van der Waals surface area contributed by atoms with Crippen molar-refractivity contribution < 1.29 is 9.18 Å². The zero-order chi connectivity index (χ0) is 9.26. The lowest BCUT2D eigenvalue weighted by molar-refractivity contribution is 0.111. The van der Waals surface area contributed by atoms with Crippen molar-refractivity contribution in [2.75, 3.05) is 0 Å². The quantitative estimate of drug-likeness (QED) is 0.622. The molecule has 13 heavy (non-hydrogen) atoms. The minimum Gasteiger partial charge on any atom is -0.296 e. The Hall–Kier alpha value is -1.77. The van der Waals surface area contributed by atoms with Gasteiger partial charge < -0.3 is 0 Å². The zero-order valence-corrected chi connectivity index (χ0v) is 6.70. The number of aromatic nitrogens is 1. The molecule has 2 nitrogen and oxygen atoms in total. The molecule has 0 unspecified atom stereocenters. The highest BCUT2D eigenvalue weighted by Gasteiger charge is 2.00. The third kappa shape index (κ3) is 1.28. The molecule has 0 radical (unpaired) electrons. The van der Waals surface area contributed by atoms with Gasteiger partial charge in [0.05, 0.1) is 5.52 Å². The van der Waals surface area contributed by atoms with Crippen LogP contribution in [-0.4, -0.2) is 11.3 Å². The van der Waals surface area contributed by atoms with E-state index in [1.165, 1.54) is 12.1 Å². The van der Waals surface area contributed by atoms with Crippen molar-refractivity contribution in [3.8, 4) is 0 Å². The number of carbonyl (C=O) groups is 1. The smallest absolute Gasteiger partial charge is 0.168 e. The average Bonchev–Trinajstić information content (AvgIpc) is 2.18. The van der Waals surface area contributed by atoms with Crippen molar-refractivity contribution in [2.45, 2.75) is 0 Å². The van der Waals surface area contributed by atoms with E-state index in [1.54, 1.807) is 18.2 Å². The largest absolute Gasteiger partial charge is 0.296 e. The lowest BCUT2D eigenvalue weighted by Gasteiger charge is -1.97. The van der Waals surface area contributed by atoms with Gasteiger partial charge in [-0.25, -0.2) is 9.37 Å². The van der Waals surface area contributed by atoms with Gasteiger partial charge in [-0.05, 0) is 24.3 Å². The fourth-order valence-electron chi connectivity index (χ4n) is 1.20. The van der Waals surface area contributed by atoms with Crippen LogP contribution >= 0.6 is 0 Å². The first-order chi connectivity index (χ1) is 6.31. The second-order valence-electron chi connectivity index (χ2n) is 2.66. The van der Waals surface area contributed by atoms with Gasteiger partial charge in [-0.2, -0.15) is 0 Å². The number of halogens is 1. The van der Waals surface area contributed by atoms with Gasteiger partial charge in [0.25, 0.3) is 0 Å². The molecular weight excluding hydrogens is 169 g/mol. The summed E-state index contributed by atoms with van der Waals surface area (Å²) in [6.07, 6.45) is 0.643. The first-order valence-electron chi connectivity index (χ1n) is 3.82. The van der Waals surface area contributed by atoms with Gasteiger partial charge >= 0.3 is 0 Å². The van der Waals surface area contributed by atoms with E-state index < -0.39 is 0 Å². The first kappa shape index (κ1) is 7.86. The maximum atomic E-state index is 13.1. The number of nitrogens with zero attached hydrogens (tertiary/aromatic N) is 1. The van der Waals surface area contributed by atoms with E-state index in [0.717, 1.165) is 0 Å². The van der Waals surface area contributed by atoms with Crippen LogP contribution in [0.15, 0.2) is 30.3 Å². The summed E-state index contributed by atoms with van der Waals surface area (Å²) in [7, 11) is 0. The van der Waals surface area contributed by atoms with Crippen LogP contribution in [0.3, 0.4) is 0 Å². The summed E-state index contributed by atoms with van der Waals surface area (Å²) in [6, 6.07) is 7.66. The van der Waals surface area contributed by atoms with Gasteiger partial charge in [0.1, 0.15) is 11.5 Å². The van der Waals surface area contributed by atoms with Crippen molar-refractivity contribution in [3.05, 3.63) is 41.8 Å². The second kappa shape index (κ2) is 2.94. The van der Waals surface area contributed by atoms with E-state index in [1.807, 2.05) is 0 Å². The predicted molar refractivity (Wildman–Crippen MR) is 47.1 cm³/mol. The van der Waals surface area contributed by atoms with E-state index >= 15 is 0 Å². The number of carbonyl (C=O) groups excluding carboxylic acids is 1. The van der Waals surface area contributed by atoms with Crippen LogP contribution in [0.1, 0.15) is 10.5 Å². The van der Waals surface area contributed by atoms with Crippen LogP contribution in [0.4, 0.5) is 4.39 Å². The molecule has 0 spiro atoms. The molecule has 0 bridgehead atoms. The molecule has 0 aliphatic carbocycles. The van der Waals surface area contributed by atoms with Crippen molar-refractivity contribution in [1.82, 2.24) is 4.98 Å². The van der Waals surface area contributed by atoms with Crippen LogP contribution in [0.25, 0.3) is 10.9 Å². The molecule has 0 saturated heterocycles. The number of hydrogen-bond donors (Lipinski definition) is 0. The summed E-state index contributed by atoms with van der Waals surface area (Å²) in [5.74, 6) is -0.317. The minimum absolute atomic E-state index is 0.317. The molecule has 0 saturated carbocycles. The number of rotatable bonds is 1. The fourth-order valence-corrected chi connectivity index (χ4v) is 1.20. The highest BCUT2D eigenvalue weighted by molar-refractivity contribution is 5.83. The number of pyridine rings is 1. The maximum Gasteiger partial charge on any atom is 0.168 e. The Bertz CT molecular complexity index is 467. The zero-order valence-electron chi connectivity index (χ0n) is 6.70. The van der Waals surface area contributed by atoms with Crippen molar-refractivity contribution in [2.24, 2.45) is 0 Å². The van der Waals surface area contributed by atoms with Gasteiger partial charge in [-0.3, -0.25) is 4.79 Å². The van der Waals surface area contributed by atoms with Crippen LogP contribution in [0.5, 0.6) is 0 Å². The molecule has 2 aromatic rings. The molecule has 0 aliphatic rings. The molecule has 0 N–H and O–H groups in total. The normalized spacial score (nSPS) is 10.2. The summed E-state index contributed by atoms with van der Waals surface area (Å²) in [4.78, 5) is 14.3. The molecule has 0 amide bonds. The van der Waals surface area contributed by atoms with Crippen LogP contribution < -0.4 is 0 Å². The van der Waals surface area contributed by atoms with Crippen molar-refractivity contribution >= 4 is 17.2 Å². The summed E-state index contributed by atoms with van der Waals surface area (Å²) in [6.45, 7) is 0. The van der Waals surface area contributed by atoms with E-state index in [9.17, 15) is 9.18 Å². The first-order valence-corrected chi connectivity index (χ1v) is 3.82. The molecule has 1 aromatic carbocycles. The molecule has 0 atom stereocenters. The lowest BCUT2D eigenvalue weighted by Crippen LogP contribution is -1.88. The number of fused-ring (bicyclic) bond motifs is 1. The minimum atomic E-state index is -0.317. The SMILES string of the molecule is O=Cc1ccc2c(F)cccc2n1. The third-order valence-corrected chi connectivity index (χ3v) is 1.82. The highest BCUT2D eigenvalue weighted by Crippen LogP contribution is 2.15. The van der Waals surface area contributed by atoms with Gasteiger partial charge in [0.2, 0.25) is 0 Å². The topological polar surface area (TPSA) is 30.0 Å². The Balaban J connectivity index is 2.79. The molecular formula is C10H6FNO. The Morgan fingerprint density at radius 1 is 1.23 bits per heavy atom. The number of benzene rings is 1. The van der Waals surface area contributed by atoms with Gasteiger partial charge in [0, 0.05) is 5.39 Å². The molecule has 1 aromatic heterocycles. The van der Waals surface area contributed by atoms with Crippen molar-refractivity contribution in [3.63, 3.8) is 0 Å². The summed E-state index contributed by atoms with van der Waals surface area (Å²) < 4.78 is 13.1. The Morgan fingerprint density at radius 3 is 2.85 bits per heavy atom. The monoisotopic (exact) mass is 175 g/mol. The van der Waals surface area contributed by atoms with Crippen LogP contribution in [-0.2, 0) is 0 Å². The molecule has 2 rings (SSSR count). The maximum absolute atomic E-state index is 13.1. The Kier molecular flexibility index (Phi) is 1.77.